The second-order valence-corrected chi connectivity index (χ2v) is 4.67. The number of hydrogen-bond donors (Lipinski definition) is 1. The molecule has 114 valence electrons. The standard InChI is InChI=1S/C15H20N2O4/c1-17-9-10(8-16-17)7-12(18)11-5-6-13(19-2)15(21-4)14(11)20-3/h5-6,8-9,12,18H,7H2,1-4H3. The molecule has 0 aliphatic carbocycles. The van der Waals surface area contributed by atoms with E-state index >= 15 is 0 Å². The summed E-state index contributed by atoms with van der Waals surface area (Å²) in [5, 5.41) is 14.6. The fourth-order valence-electron chi connectivity index (χ4n) is 2.30. The molecular formula is C15H20N2O4. The van der Waals surface area contributed by atoms with Crippen LogP contribution in [0.15, 0.2) is 24.5 Å². The zero-order valence-corrected chi connectivity index (χ0v) is 12.7. The van der Waals surface area contributed by atoms with Gasteiger partial charge in [-0.2, -0.15) is 5.10 Å². The Morgan fingerprint density at radius 3 is 2.38 bits per heavy atom. The van der Waals surface area contributed by atoms with Gasteiger partial charge in [-0.25, -0.2) is 0 Å². The molecule has 0 saturated heterocycles. The average Bonchev–Trinajstić information content (AvgIpc) is 2.90. The van der Waals surface area contributed by atoms with Crippen LogP contribution in [-0.4, -0.2) is 36.2 Å². The van der Waals surface area contributed by atoms with E-state index in [2.05, 4.69) is 5.10 Å². The molecule has 6 nitrogen and oxygen atoms in total. The molecule has 0 bridgehead atoms. The second kappa shape index (κ2) is 6.49. The van der Waals surface area contributed by atoms with Crippen LogP contribution in [0, 0.1) is 0 Å². The summed E-state index contributed by atoms with van der Waals surface area (Å²) in [5.41, 5.74) is 1.60. The van der Waals surface area contributed by atoms with Gasteiger partial charge in [0, 0.05) is 25.2 Å². The molecule has 0 fully saturated rings. The third kappa shape index (κ3) is 3.11. The Balaban J connectivity index is 2.33. The third-order valence-corrected chi connectivity index (χ3v) is 3.28. The van der Waals surface area contributed by atoms with Crippen molar-refractivity contribution in [1.29, 1.82) is 0 Å². The highest BCUT2D eigenvalue weighted by molar-refractivity contribution is 5.56. The van der Waals surface area contributed by atoms with Crippen molar-refractivity contribution in [3.8, 4) is 17.2 Å². The summed E-state index contributed by atoms with van der Waals surface area (Å²) in [6.07, 6.45) is 3.33. The van der Waals surface area contributed by atoms with Gasteiger partial charge in [0.15, 0.2) is 11.5 Å². The van der Waals surface area contributed by atoms with Crippen LogP contribution >= 0.6 is 0 Å². The molecule has 0 aliphatic heterocycles. The number of aryl methyl sites for hydroxylation is 1. The molecule has 1 aromatic carbocycles. The van der Waals surface area contributed by atoms with Gasteiger partial charge < -0.3 is 19.3 Å². The summed E-state index contributed by atoms with van der Waals surface area (Å²) in [5.74, 6) is 1.52. The van der Waals surface area contributed by atoms with Crippen LogP contribution in [0.25, 0.3) is 0 Å². The number of rotatable bonds is 6. The fraction of sp³-hybridized carbons (Fsp3) is 0.400. The first-order valence-electron chi connectivity index (χ1n) is 6.55. The van der Waals surface area contributed by atoms with Crippen LogP contribution in [-0.2, 0) is 13.5 Å². The third-order valence-electron chi connectivity index (χ3n) is 3.28. The largest absolute Gasteiger partial charge is 0.493 e. The highest BCUT2D eigenvalue weighted by Gasteiger charge is 2.21. The molecule has 0 aliphatic rings. The van der Waals surface area contributed by atoms with Crippen LogP contribution in [0.4, 0.5) is 0 Å². The minimum atomic E-state index is -0.719. The molecular weight excluding hydrogens is 272 g/mol. The van der Waals surface area contributed by atoms with Gasteiger partial charge in [0.2, 0.25) is 5.75 Å². The first kappa shape index (κ1) is 15.2. The van der Waals surface area contributed by atoms with Crippen LogP contribution in [0.1, 0.15) is 17.2 Å². The smallest absolute Gasteiger partial charge is 0.203 e. The number of aliphatic hydroxyl groups excluding tert-OH is 1. The summed E-state index contributed by atoms with van der Waals surface area (Å²) in [6, 6.07) is 3.53. The van der Waals surface area contributed by atoms with Gasteiger partial charge in [-0.3, -0.25) is 4.68 Å². The van der Waals surface area contributed by atoms with E-state index in [0.29, 0.717) is 29.2 Å². The lowest BCUT2D eigenvalue weighted by Crippen LogP contribution is -2.06. The van der Waals surface area contributed by atoms with E-state index in [1.54, 1.807) is 30.1 Å². The predicted molar refractivity (Wildman–Crippen MR) is 78.0 cm³/mol. The van der Waals surface area contributed by atoms with E-state index in [-0.39, 0.29) is 0 Å². The molecule has 0 radical (unpaired) electrons. The van der Waals surface area contributed by atoms with E-state index in [4.69, 9.17) is 14.2 Å². The van der Waals surface area contributed by atoms with E-state index in [1.165, 1.54) is 14.2 Å². The van der Waals surface area contributed by atoms with E-state index in [9.17, 15) is 5.11 Å². The van der Waals surface area contributed by atoms with Gasteiger partial charge in [0.05, 0.1) is 33.6 Å². The Hall–Kier alpha value is -2.21. The lowest BCUT2D eigenvalue weighted by molar-refractivity contribution is 0.172. The maximum atomic E-state index is 10.5. The minimum Gasteiger partial charge on any atom is -0.493 e. The number of nitrogens with zero attached hydrogens (tertiary/aromatic N) is 2. The molecule has 1 unspecified atom stereocenters. The van der Waals surface area contributed by atoms with Crippen molar-refractivity contribution in [2.24, 2.45) is 7.05 Å². The van der Waals surface area contributed by atoms with Crippen molar-refractivity contribution in [3.05, 3.63) is 35.7 Å². The SMILES string of the molecule is COc1ccc(C(O)Cc2cnn(C)c2)c(OC)c1OC. The van der Waals surface area contributed by atoms with Crippen LogP contribution in [0.2, 0.25) is 0 Å². The topological polar surface area (TPSA) is 65.7 Å². The van der Waals surface area contributed by atoms with Crippen molar-refractivity contribution in [2.45, 2.75) is 12.5 Å². The predicted octanol–water partition coefficient (Wildman–Crippen LogP) is 1.72. The molecule has 1 atom stereocenters. The molecule has 2 rings (SSSR count). The first-order valence-corrected chi connectivity index (χ1v) is 6.55. The van der Waals surface area contributed by atoms with Gasteiger partial charge in [0.25, 0.3) is 0 Å². The summed E-state index contributed by atoms with van der Waals surface area (Å²) in [4.78, 5) is 0. The van der Waals surface area contributed by atoms with Crippen molar-refractivity contribution >= 4 is 0 Å². The fourth-order valence-corrected chi connectivity index (χ4v) is 2.30. The monoisotopic (exact) mass is 292 g/mol. The first-order chi connectivity index (χ1) is 10.1. The number of aliphatic hydroxyl groups is 1. The average molecular weight is 292 g/mol. The zero-order valence-electron chi connectivity index (χ0n) is 12.7. The minimum absolute atomic E-state index is 0.444. The van der Waals surface area contributed by atoms with E-state index < -0.39 is 6.10 Å². The Kier molecular flexibility index (Phi) is 4.70. The van der Waals surface area contributed by atoms with Gasteiger partial charge in [-0.1, -0.05) is 0 Å². The molecule has 0 amide bonds. The normalized spacial score (nSPS) is 12.0. The molecule has 6 heteroatoms. The van der Waals surface area contributed by atoms with Gasteiger partial charge in [-0.05, 0) is 17.7 Å². The number of benzene rings is 1. The molecule has 0 spiro atoms. The molecule has 1 aromatic heterocycles. The highest BCUT2D eigenvalue weighted by atomic mass is 16.5. The van der Waals surface area contributed by atoms with Gasteiger partial charge in [0.1, 0.15) is 0 Å². The van der Waals surface area contributed by atoms with Crippen LogP contribution < -0.4 is 14.2 Å². The maximum Gasteiger partial charge on any atom is 0.203 e. The maximum absolute atomic E-state index is 10.5. The van der Waals surface area contributed by atoms with Crippen LogP contribution in [0.3, 0.4) is 0 Å². The number of methoxy groups -OCH3 is 3. The molecule has 1 heterocycles. The molecule has 2 aromatic rings. The molecule has 21 heavy (non-hydrogen) atoms. The highest BCUT2D eigenvalue weighted by Crippen LogP contribution is 2.42. The number of ether oxygens (including phenoxy) is 3. The lowest BCUT2D eigenvalue weighted by atomic mass is 10.0. The Morgan fingerprint density at radius 2 is 1.86 bits per heavy atom. The van der Waals surface area contributed by atoms with Crippen molar-refractivity contribution in [3.63, 3.8) is 0 Å². The number of aromatic nitrogens is 2. The van der Waals surface area contributed by atoms with Crippen molar-refractivity contribution < 1.29 is 19.3 Å². The summed E-state index contributed by atoms with van der Waals surface area (Å²) >= 11 is 0. The van der Waals surface area contributed by atoms with E-state index in [0.717, 1.165) is 5.56 Å². The zero-order chi connectivity index (χ0) is 15.4. The van der Waals surface area contributed by atoms with Gasteiger partial charge in [-0.15, -0.1) is 0 Å². The molecule has 0 saturated carbocycles. The van der Waals surface area contributed by atoms with Crippen molar-refractivity contribution in [1.82, 2.24) is 9.78 Å². The Labute approximate surface area is 123 Å². The Morgan fingerprint density at radius 1 is 1.14 bits per heavy atom. The van der Waals surface area contributed by atoms with Crippen molar-refractivity contribution in [2.75, 3.05) is 21.3 Å². The quantitative estimate of drug-likeness (QED) is 0.878. The lowest BCUT2D eigenvalue weighted by Gasteiger charge is -2.18. The van der Waals surface area contributed by atoms with E-state index in [1.807, 2.05) is 13.2 Å². The van der Waals surface area contributed by atoms with Gasteiger partial charge >= 0.3 is 0 Å². The molecule has 1 N–H and O–H groups in total. The Bertz CT molecular complexity index is 610. The van der Waals surface area contributed by atoms with Crippen LogP contribution in [0.5, 0.6) is 17.2 Å². The number of hydrogen-bond acceptors (Lipinski definition) is 5. The summed E-state index contributed by atoms with van der Waals surface area (Å²) in [6.45, 7) is 0. The summed E-state index contributed by atoms with van der Waals surface area (Å²) in [7, 11) is 6.48. The summed E-state index contributed by atoms with van der Waals surface area (Å²) < 4.78 is 17.7. The second-order valence-electron chi connectivity index (χ2n) is 4.67.